The molecule has 0 saturated heterocycles. The van der Waals surface area contributed by atoms with Crippen LogP contribution < -0.4 is 10.6 Å². The van der Waals surface area contributed by atoms with Gasteiger partial charge in [0.25, 0.3) is 0 Å². The number of carbonyl (C=O) groups excluding carboxylic acids is 1. The minimum atomic E-state index is -0.100. The van der Waals surface area contributed by atoms with Crippen LogP contribution in [0, 0.1) is 11.8 Å². The smallest absolute Gasteiger partial charge is 0.236 e. The SMILES string of the molecule is COCCNC(=O)C(C)NC1CCC2CCCCC2C1. The number of nitrogens with one attached hydrogen (secondary N) is 2. The predicted octanol–water partition coefficient (Wildman–Crippen LogP) is 2.09. The standard InChI is InChI=1S/C16H30N2O2/c1-12(16(19)17-9-10-20-2)18-15-8-7-13-5-3-4-6-14(13)11-15/h12-15,18H,3-11H2,1-2H3,(H,17,19). The van der Waals surface area contributed by atoms with Crippen LogP contribution in [0.15, 0.2) is 0 Å². The molecule has 2 saturated carbocycles. The third-order valence-corrected chi connectivity index (χ3v) is 5.02. The zero-order chi connectivity index (χ0) is 14.4. The van der Waals surface area contributed by atoms with Crippen LogP contribution in [-0.4, -0.2) is 38.3 Å². The van der Waals surface area contributed by atoms with Gasteiger partial charge in [-0.3, -0.25) is 4.79 Å². The van der Waals surface area contributed by atoms with Gasteiger partial charge in [0, 0.05) is 19.7 Å². The van der Waals surface area contributed by atoms with Crippen LogP contribution in [0.1, 0.15) is 51.9 Å². The number of fused-ring (bicyclic) bond motifs is 1. The van der Waals surface area contributed by atoms with E-state index in [-0.39, 0.29) is 11.9 Å². The number of carbonyl (C=O) groups is 1. The van der Waals surface area contributed by atoms with E-state index in [4.69, 9.17) is 4.74 Å². The molecule has 2 rings (SSSR count). The molecule has 0 aromatic heterocycles. The van der Waals surface area contributed by atoms with E-state index >= 15 is 0 Å². The molecule has 2 N–H and O–H groups in total. The second-order valence-electron chi connectivity index (χ2n) is 6.49. The van der Waals surface area contributed by atoms with E-state index in [2.05, 4.69) is 10.6 Å². The Morgan fingerprint density at radius 1 is 1.20 bits per heavy atom. The van der Waals surface area contributed by atoms with Gasteiger partial charge in [0.15, 0.2) is 0 Å². The Kier molecular flexibility index (Phi) is 6.30. The fourth-order valence-corrected chi connectivity index (χ4v) is 3.88. The molecule has 0 radical (unpaired) electrons. The number of rotatable bonds is 6. The van der Waals surface area contributed by atoms with Gasteiger partial charge in [-0.15, -0.1) is 0 Å². The Bertz CT molecular complexity index is 309. The van der Waals surface area contributed by atoms with Crippen LogP contribution in [0.2, 0.25) is 0 Å². The molecule has 0 bridgehead atoms. The summed E-state index contributed by atoms with van der Waals surface area (Å²) >= 11 is 0. The lowest BCUT2D eigenvalue weighted by atomic mass is 9.69. The van der Waals surface area contributed by atoms with Gasteiger partial charge in [0.1, 0.15) is 0 Å². The molecule has 20 heavy (non-hydrogen) atoms. The van der Waals surface area contributed by atoms with Crippen molar-refractivity contribution in [3.8, 4) is 0 Å². The molecule has 4 unspecified atom stereocenters. The van der Waals surface area contributed by atoms with Crippen molar-refractivity contribution in [3.63, 3.8) is 0 Å². The maximum atomic E-state index is 11.9. The van der Waals surface area contributed by atoms with Gasteiger partial charge < -0.3 is 15.4 Å². The Morgan fingerprint density at radius 2 is 1.95 bits per heavy atom. The molecule has 116 valence electrons. The summed E-state index contributed by atoms with van der Waals surface area (Å²) in [6.45, 7) is 3.14. The van der Waals surface area contributed by atoms with Crippen molar-refractivity contribution in [2.45, 2.75) is 64.0 Å². The van der Waals surface area contributed by atoms with Crippen LogP contribution in [0.25, 0.3) is 0 Å². The highest BCUT2D eigenvalue weighted by atomic mass is 16.5. The van der Waals surface area contributed by atoms with Crippen molar-refractivity contribution < 1.29 is 9.53 Å². The van der Waals surface area contributed by atoms with E-state index in [1.807, 2.05) is 6.92 Å². The van der Waals surface area contributed by atoms with E-state index in [9.17, 15) is 4.79 Å². The highest BCUT2D eigenvalue weighted by Crippen LogP contribution is 2.40. The molecule has 4 atom stereocenters. The first-order chi connectivity index (χ1) is 9.70. The number of amides is 1. The number of hydrogen-bond acceptors (Lipinski definition) is 3. The van der Waals surface area contributed by atoms with E-state index in [1.165, 1.54) is 44.9 Å². The summed E-state index contributed by atoms with van der Waals surface area (Å²) in [5.74, 6) is 1.96. The maximum Gasteiger partial charge on any atom is 0.236 e. The van der Waals surface area contributed by atoms with Crippen LogP contribution in [0.4, 0.5) is 0 Å². The summed E-state index contributed by atoms with van der Waals surface area (Å²) in [5.41, 5.74) is 0. The molecule has 2 aliphatic rings. The topological polar surface area (TPSA) is 50.4 Å². The van der Waals surface area contributed by atoms with Crippen molar-refractivity contribution in [2.24, 2.45) is 11.8 Å². The number of hydrogen-bond donors (Lipinski definition) is 2. The van der Waals surface area contributed by atoms with Crippen molar-refractivity contribution in [3.05, 3.63) is 0 Å². The van der Waals surface area contributed by atoms with Crippen LogP contribution >= 0.6 is 0 Å². The normalized spacial score (nSPS) is 31.4. The van der Waals surface area contributed by atoms with E-state index < -0.39 is 0 Å². The summed E-state index contributed by atoms with van der Waals surface area (Å²) in [5, 5.41) is 6.43. The van der Waals surface area contributed by atoms with Crippen molar-refractivity contribution in [1.82, 2.24) is 10.6 Å². The summed E-state index contributed by atoms with van der Waals surface area (Å²) in [6.07, 6.45) is 9.51. The third-order valence-electron chi connectivity index (χ3n) is 5.02. The van der Waals surface area contributed by atoms with Crippen LogP contribution in [0.3, 0.4) is 0 Å². The molecular weight excluding hydrogens is 252 g/mol. The second-order valence-corrected chi connectivity index (χ2v) is 6.49. The number of methoxy groups -OCH3 is 1. The Balaban J connectivity index is 1.71. The highest BCUT2D eigenvalue weighted by molar-refractivity contribution is 5.81. The quantitative estimate of drug-likeness (QED) is 0.733. The molecular formula is C16H30N2O2. The molecule has 0 heterocycles. The average molecular weight is 282 g/mol. The van der Waals surface area contributed by atoms with Crippen molar-refractivity contribution >= 4 is 5.91 Å². The maximum absolute atomic E-state index is 11.9. The minimum Gasteiger partial charge on any atom is -0.383 e. The van der Waals surface area contributed by atoms with Gasteiger partial charge in [-0.25, -0.2) is 0 Å². The molecule has 2 fully saturated rings. The lowest BCUT2D eigenvalue weighted by Gasteiger charge is -2.40. The molecule has 0 aliphatic heterocycles. The van der Waals surface area contributed by atoms with Crippen LogP contribution in [0.5, 0.6) is 0 Å². The van der Waals surface area contributed by atoms with E-state index in [1.54, 1.807) is 7.11 Å². The van der Waals surface area contributed by atoms with Gasteiger partial charge in [-0.05, 0) is 38.0 Å². The minimum absolute atomic E-state index is 0.0906. The highest BCUT2D eigenvalue weighted by Gasteiger charge is 2.32. The Labute approximate surface area is 123 Å². The van der Waals surface area contributed by atoms with E-state index in [0.717, 1.165) is 11.8 Å². The number of ether oxygens (including phenoxy) is 1. The van der Waals surface area contributed by atoms with Gasteiger partial charge in [-0.2, -0.15) is 0 Å². The first kappa shape index (κ1) is 15.8. The molecule has 0 spiro atoms. The monoisotopic (exact) mass is 282 g/mol. The average Bonchev–Trinajstić information content (AvgIpc) is 2.47. The van der Waals surface area contributed by atoms with Crippen molar-refractivity contribution in [2.75, 3.05) is 20.3 Å². The first-order valence-electron chi connectivity index (χ1n) is 8.23. The Morgan fingerprint density at radius 3 is 2.70 bits per heavy atom. The van der Waals surface area contributed by atoms with E-state index in [0.29, 0.717) is 19.2 Å². The molecule has 4 nitrogen and oxygen atoms in total. The van der Waals surface area contributed by atoms with Crippen molar-refractivity contribution in [1.29, 1.82) is 0 Å². The molecule has 1 amide bonds. The van der Waals surface area contributed by atoms with Crippen LogP contribution in [-0.2, 0) is 9.53 Å². The zero-order valence-corrected chi connectivity index (χ0v) is 13.0. The molecule has 4 heteroatoms. The van der Waals surface area contributed by atoms with Gasteiger partial charge in [0.2, 0.25) is 5.91 Å². The Hall–Kier alpha value is -0.610. The van der Waals surface area contributed by atoms with Gasteiger partial charge in [0.05, 0.1) is 12.6 Å². The predicted molar refractivity (Wildman–Crippen MR) is 80.6 cm³/mol. The fraction of sp³-hybridized carbons (Fsp3) is 0.938. The lowest BCUT2D eigenvalue weighted by molar-refractivity contribution is -0.123. The first-order valence-corrected chi connectivity index (χ1v) is 8.23. The summed E-state index contributed by atoms with van der Waals surface area (Å²) in [7, 11) is 1.65. The summed E-state index contributed by atoms with van der Waals surface area (Å²) < 4.78 is 4.95. The summed E-state index contributed by atoms with van der Waals surface area (Å²) in [6, 6.07) is 0.425. The molecule has 0 aromatic rings. The zero-order valence-electron chi connectivity index (χ0n) is 13.0. The third kappa shape index (κ3) is 4.45. The summed E-state index contributed by atoms with van der Waals surface area (Å²) in [4.78, 5) is 11.9. The second kappa shape index (κ2) is 7.99. The van der Waals surface area contributed by atoms with Gasteiger partial charge >= 0.3 is 0 Å². The molecule has 0 aromatic carbocycles. The molecule has 2 aliphatic carbocycles. The lowest BCUT2D eigenvalue weighted by Crippen LogP contribution is -2.49. The van der Waals surface area contributed by atoms with Gasteiger partial charge in [-0.1, -0.05) is 25.7 Å². The largest absolute Gasteiger partial charge is 0.383 e. The fourth-order valence-electron chi connectivity index (χ4n) is 3.88.